The highest BCUT2D eigenvalue weighted by Gasteiger charge is 2.42. The molecule has 0 bridgehead atoms. The van der Waals surface area contributed by atoms with Gasteiger partial charge in [0.05, 0.1) is 5.75 Å². The van der Waals surface area contributed by atoms with Crippen molar-refractivity contribution in [2.45, 2.75) is 106 Å². The standard InChI is InChI=1S/C30H47NO4S/c1-11-30(12-2,25-15-14-24(21(4)18-25)20-31-36(33,34)13-3)26-16-17-27(22(5)19-26)35-23(6)29(10,32)28(7,8)9/h14-19,23,31-32H,11-13,20H2,1-10H3. The minimum absolute atomic E-state index is 0.0739. The van der Waals surface area contributed by atoms with Crippen molar-refractivity contribution in [2.75, 3.05) is 5.75 Å². The summed E-state index contributed by atoms with van der Waals surface area (Å²) in [7, 11) is -3.24. The first-order valence-corrected chi connectivity index (χ1v) is 14.8. The Balaban J connectivity index is 2.40. The van der Waals surface area contributed by atoms with Crippen LogP contribution in [-0.4, -0.2) is 31.0 Å². The Kier molecular flexibility index (Phi) is 9.47. The number of nitrogens with one attached hydrogen (secondary N) is 1. The first-order chi connectivity index (χ1) is 16.5. The molecule has 36 heavy (non-hydrogen) atoms. The van der Waals surface area contributed by atoms with Gasteiger partial charge in [-0.1, -0.05) is 65.0 Å². The second kappa shape index (κ2) is 11.2. The van der Waals surface area contributed by atoms with E-state index in [4.69, 9.17) is 4.74 Å². The fourth-order valence-corrected chi connectivity index (χ4v) is 5.29. The van der Waals surface area contributed by atoms with E-state index < -0.39 is 15.6 Å². The number of sulfonamides is 1. The molecule has 0 saturated carbocycles. The summed E-state index contributed by atoms with van der Waals surface area (Å²) in [6.07, 6.45) is 1.49. The average Bonchev–Trinajstić information content (AvgIpc) is 2.80. The highest BCUT2D eigenvalue weighted by molar-refractivity contribution is 7.89. The third-order valence-corrected chi connectivity index (χ3v) is 9.65. The van der Waals surface area contributed by atoms with Gasteiger partial charge in [0.25, 0.3) is 0 Å². The monoisotopic (exact) mass is 517 g/mol. The first kappa shape index (κ1) is 30.3. The molecule has 5 nitrogen and oxygen atoms in total. The molecule has 2 rings (SSSR count). The predicted molar refractivity (Wildman–Crippen MR) is 150 cm³/mol. The summed E-state index contributed by atoms with van der Waals surface area (Å²) in [5.74, 6) is 0.858. The highest BCUT2D eigenvalue weighted by Crippen LogP contribution is 2.41. The van der Waals surface area contributed by atoms with Gasteiger partial charge in [-0.2, -0.15) is 0 Å². The van der Waals surface area contributed by atoms with E-state index >= 15 is 0 Å². The summed E-state index contributed by atoms with van der Waals surface area (Å²) >= 11 is 0. The van der Waals surface area contributed by atoms with E-state index in [0.717, 1.165) is 35.3 Å². The van der Waals surface area contributed by atoms with Gasteiger partial charge in [-0.25, -0.2) is 13.1 Å². The maximum absolute atomic E-state index is 11.9. The lowest BCUT2D eigenvalue weighted by atomic mass is 9.70. The van der Waals surface area contributed by atoms with Gasteiger partial charge in [-0.3, -0.25) is 0 Å². The summed E-state index contributed by atoms with van der Waals surface area (Å²) in [5.41, 5.74) is 4.08. The van der Waals surface area contributed by atoms with Gasteiger partial charge in [-0.15, -0.1) is 0 Å². The topological polar surface area (TPSA) is 75.6 Å². The van der Waals surface area contributed by atoms with Gasteiger partial charge in [0, 0.05) is 12.0 Å². The van der Waals surface area contributed by atoms with E-state index in [-0.39, 0.29) is 22.7 Å². The molecule has 0 radical (unpaired) electrons. The van der Waals surface area contributed by atoms with Gasteiger partial charge < -0.3 is 9.84 Å². The molecule has 0 amide bonds. The third kappa shape index (κ3) is 6.32. The van der Waals surface area contributed by atoms with E-state index in [9.17, 15) is 13.5 Å². The Morgan fingerprint density at radius 2 is 1.44 bits per heavy atom. The zero-order valence-electron chi connectivity index (χ0n) is 24.0. The van der Waals surface area contributed by atoms with Crippen LogP contribution < -0.4 is 9.46 Å². The molecule has 2 aromatic carbocycles. The molecule has 0 saturated heterocycles. The van der Waals surface area contributed by atoms with E-state index in [1.165, 1.54) is 11.1 Å². The van der Waals surface area contributed by atoms with E-state index in [2.05, 4.69) is 49.8 Å². The Morgan fingerprint density at radius 3 is 1.89 bits per heavy atom. The largest absolute Gasteiger partial charge is 0.487 e. The lowest BCUT2D eigenvalue weighted by molar-refractivity contribution is -0.112. The van der Waals surface area contributed by atoms with Crippen molar-refractivity contribution in [3.63, 3.8) is 0 Å². The zero-order valence-corrected chi connectivity index (χ0v) is 24.8. The molecule has 2 unspecified atom stereocenters. The van der Waals surface area contributed by atoms with Gasteiger partial charge in [0.1, 0.15) is 17.5 Å². The summed E-state index contributed by atoms with van der Waals surface area (Å²) in [6.45, 7) is 20.3. The average molecular weight is 518 g/mol. The van der Waals surface area contributed by atoms with Crippen molar-refractivity contribution >= 4 is 10.0 Å². The molecule has 0 heterocycles. The van der Waals surface area contributed by atoms with Crippen molar-refractivity contribution in [2.24, 2.45) is 5.41 Å². The number of hydrogen-bond acceptors (Lipinski definition) is 4. The maximum atomic E-state index is 11.9. The van der Waals surface area contributed by atoms with E-state index in [0.29, 0.717) is 6.54 Å². The fourth-order valence-electron chi connectivity index (χ4n) is 4.71. The number of hydrogen-bond donors (Lipinski definition) is 2. The lowest BCUT2D eigenvalue weighted by Gasteiger charge is -2.41. The number of rotatable bonds is 11. The Hall–Kier alpha value is -1.89. The fraction of sp³-hybridized carbons (Fsp3) is 0.600. The van der Waals surface area contributed by atoms with Crippen LogP contribution in [0.1, 0.15) is 96.0 Å². The molecule has 0 aliphatic carbocycles. The summed E-state index contributed by atoms with van der Waals surface area (Å²) in [6, 6.07) is 12.8. The minimum Gasteiger partial charge on any atom is -0.487 e. The first-order valence-electron chi connectivity index (χ1n) is 13.1. The molecule has 2 N–H and O–H groups in total. The minimum atomic E-state index is -3.24. The van der Waals surface area contributed by atoms with E-state index in [1.807, 2.05) is 53.7 Å². The number of ether oxygens (including phenoxy) is 1. The lowest BCUT2D eigenvalue weighted by Crippen LogP contribution is -2.51. The van der Waals surface area contributed by atoms with Gasteiger partial charge in [0.2, 0.25) is 10.0 Å². The van der Waals surface area contributed by atoms with Crippen molar-refractivity contribution < 1.29 is 18.3 Å². The van der Waals surface area contributed by atoms with Crippen LogP contribution in [0.3, 0.4) is 0 Å². The van der Waals surface area contributed by atoms with Crippen LogP contribution >= 0.6 is 0 Å². The molecule has 2 atom stereocenters. The molecular formula is C30H47NO4S. The SMILES string of the molecule is CCC(CC)(c1ccc(CNS(=O)(=O)CC)c(C)c1)c1ccc(OC(C)C(C)(O)C(C)(C)C)c(C)c1. The molecule has 0 aromatic heterocycles. The highest BCUT2D eigenvalue weighted by atomic mass is 32.2. The molecule has 6 heteroatoms. The van der Waals surface area contributed by atoms with Gasteiger partial charge in [0.15, 0.2) is 0 Å². The van der Waals surface area contributed by atoms with Crippen LogP contribution in [-0.2, 0) is 22.0 Å². The number of aryl methyl sites for hydroxylation is 2. The zero-order chi connectivity index (χ0) is 27.5. The third-order valence-electron chi connectivity index (χ3n) is 8.31. The van der Waals surface area contributed by atoms with Crippen molar-refractivity contribution in [1.82, 2.24) is 4.72 Å². The summed E-state index contributed by atoms with van der Waals surface area (Å²) in [4.78, 5) is 0. The smallest absolute Gasteiger partial charge is 0.211 e. The second-order valence-corrected chi connectivity index (χ2v) is 13.4. The Morgan fingerprint density at radius 1 is 0.917 bits per heavy atom. The molecule has 0 aliphatic heterocycles. The molecule has 0 spiro atoms. The maximum Gasteiger partial charge on any atom is 0.211 e. The summed E-state index contributed by atoms with van der Waals surface area (Å²) in [5, 5.41) is 11.1. The van der Waals surface area contributed by atoms with Crippen molar-refractivity contribution in [3.05, 3.63) is 64.2 Å². The quantitative estimate of drug-likeness (QED) is 0.361. The van der Waals surface area contributed by atoms with Crippen molar-refractivity contribution in [1.29, 1.82) is 0 Å². The van der Waals surface area contributed by atoms with Crippen molar-refractivity contribution in [3.8, 4) is 5.75 Å². The molecular weight excluding hydrogens is 470 g/mol. The Labute approximate surface area is 219 Å². The molecule has 0 aliphatic rings. The van der Waals surface area contributed by atoms with Crippen LogP contribution in [0.2, 0.25) is 0 Å². The summed E-state index contributed by atoms with van der Waals surface area (Å²) < 4.78 is 32.7. The van der Waals surface area contributed by atoms with Gasteiger partial charge in [-0.05, 0) is 86.8 Å². The van der Waals surface area contributed by atoms with Crippen LogP contribution in [0.25, 0.3) is 0 Å². The second-order valence-electron chi connectivity index (χ2n) is 11.3. The normalized spacial score (nSPS) is 15.4. The number of benzene rings is 2. The molecule has 0 fully saturated rings. The van der Waals surface area contributed by atoms with E-state index in [1.54, 1.807) is 6.92 Å². The van der Waals surface area contributed by atoms with Crippen LogP contribution in [0.4, 0.5) is 0 Å². The van der Waals surface area contributed by atoms with Crippen LogP contribution in [0.5, 0.6) is 5.75 Å². The molecule has 2 aromatic rings. The number of aliphatic hydroxyl groups is 1. The molecule has 202 valence electrons. The Bertz CT molecular complexity index is 1140. The van der Waals surface area contributed by atoms with Gasteiger partial charge >= 0.3 is 0 Å². The van der Waals surface area contributed by atoms with Crippen LogP contribution in [0.15, 0.2) is 36.4 Å². The van der Waals surface area contributed by atoms with Crippen LogP contribution in [0, 0.1) is 19.3 Å². The predicted octanol–water partition coefficient (Wildman–Crippen LogP) is 6.41.